The molecule has 0 aliphatic carbocycles. The summed E-state index contributed by atoms with van der Waals surface area (Å²) in [5.41, 5.74) is 0. The smallest absolute Gasteiger partial charge is 0.306 e. The minimum absolute atomic E-state index is 0.0441. The van der Waals surface area contributed by atoms with E-state index in [4.69, 9.17) is 18.5 Å². The molecule has 0 spiro atoms. The first kappa shape index (κ1) is 79.6. The molecule has 0 aliphatic rings. The molecule has 0 aromatic rings. The normalized spacial score (nSPS) is 14.2. The zero-order chi connectivity index (χ0) is 61.2. The Morgan fingerprint density at radius 3 is 1.02 bits per heavy atom. The summed E-state index contributed by atoms with van der Waals surface area (Å²) in [5, 5.41) is 0. The molecule has 0 heterocycles. The number of rotatable bonds is 59. The van der Waals surface area contributed by atoms with E-state index in [1.54, 1.807) is 0 Å². The molecule has 2 atom stereocenters. The maximum absolute atomic E-state index is 12.8. The number of carbonyl (C=O) groups is 2. The van der Waals surface area contributed by atoms with E-state index in [2.05, 4.69) is 172 Å². The lowest BCUT2D eigenvalue weighted by Gasteiger charge is -2.28. The second kappa shape index (κ2) is 63.1. The second-order valence-corrected chi connectivity index (χ2v) is 24.2. The highest BCUT2D eigenvalue weighted by Crippen LogP contribution is 2.38. The molecular formula is C74H122NO8P. The van der Waals surface area contributed by atoms with Crippen LogP contribution in [-0.4, -0.2) is 70.0 Å². The van der Waals surface area contributed by atoms with Crippen LogP contribution in [-0.2, 0) is 32.7 Å². The summed E-state index contributed by atoms with van der Waals surface area (Å²) in [6.45, 7) is 4.08. The minimum Gasteiger partial charge on any atom is -0.756 e. The Kier molecular flexibility index (Phi) is 59.9. The second-order valence-electron chi connectivity index (χ2n) is 22.7. The van der Waals surface area contributed by atoms with Crippen LogP contribution in [0.5, 0.6) is 0 Å². The van der Waals surface area contributed by atoms with Crippen molar-refractivity contribution >= 4 is 19.8 Å². The summed E-state index contributed by atoms with van der Waals surface area (Å²) >= 11 is 0. The molecule has 0 aromatic heterocycles. The summed E-state index contributed by atoms with van der Waals surface area (Å²) in [6, 6.07) is 0. The number of hydrogen-bond donors (Lipinski definition) is 0. The number of quaternary nitrogens is 1. The van der Waals surface area contributed by atoms with E-state index in [-0.39, 0.29) is 26.1 Å². The van der Waals surface area contributed by atoms with Crippen LogP contribution < -0.4 is 4.89 Å². The van der Waals surface area contributed by atoms with Crippen molar-refractivity contribution in [2.24, 2.45) is 0 Å². The fraction of sp³-hybridized carbons (Fsp3) is 0.622. The predicted molar refractivity (Wildman–Crippen MR) is 360 cm³/mol. The van der Waals surface area contributed by atoms with Crippen LogP contribution >= 0.6 is 7.82 Å². The Bertz CT molecular complexity index is 1970. The number of likely N-dealkylation sites (N-methyl/N-ethyl adjacent to an activating group) is 1. The highest BCUT2D eigenvalue weighted by molar-refractivity contribution is 7.45. The van der Waals surface area contributed by atoms with Gasteiger partial charge in [-0.05, 0) is 128 Å². The maximum Gasteiger partial charge on any atom is 0.306 e. The van der Waals surface area contributed by atoms with Crippen molar-refractivity contribution in [2.75, 3.05) is 47.5 Å². The van der Waals surface area contributed by atoms with Crippen LogP contribution in [0.1, 0.15) is 245 Å². The monoisotopic (exact) mass is 1180 g/mol. The Balaban J connectivity index is 4.19. The number of unbranched alkanes of at least 4 members (excludes halogenated alkanes) is 19. The van der Waals surface area contributed by atoms with Crippen molar-refractivity contribution < 1.29 is 42.1 Å². The fourth-order valence-electron chi connectivity index (χ4n) is 8.46. The van der Waals surface area contributed by atoms with Crippen LogP contribution in [0, 0.1) is 0 Å². The fourth-order valence-corrected chi connectivity index (χ4v) is 9.18. The lowest BCUT2D eigenvalue weighted by Crippen LogP contribution is -2.37. The number of phosphoric ester groups is 1. The Labute approximate surface area is 516 Å². The molecule has 10 heteroatoms. The topological polar surface area (TPSA) is 111 Å². The lowest BCUT2D eigenvalue weighted by molar-refractivity contribution is -0.870. The quantitative estimate of drug-likeness (QED) is 0.0195. The third-order valence-corrected chi connectivity index (χ3v) is 14.5. The van der Waals surface area contributed by atoms with Crippen molar-refractivity contribution in [2.45, 2.75) is 251 Å². The number of esters is 2. The van der Waals surface area contributed by atoms with Gasteiger partial charge in [0.15, 0.2) is 6.10 Å². The molecule has 0 rings (SSSR count). The molecule has 0 radical (unpaired) electrons. The first-order valence-electron chi connectivity index (χ1n) is 33.2. The first-order valence-corrected chi connectivity index (χ1v) is 34.7. The van der Waals surface area contributed by atoms with Crippen LogP contribution in [0.3, 0.4) is 0 Å². The van der Waals surface area contributed by atoms with Gasteiger partial charge in [0.1, 0.15) is 19.8 Å². The van der Waals surface area contributed by atoms with Gasteiger partial charge in [-0.15, -0.1) is 0 Å². The highest BCUT2D eigenvalue weighted by Gasteiger charge is 2.22. The Hall–Kier alpha value is -4.37. The summed E-state index contributed by atoms with van der Waals surface area (Å²) in [5.74, 6) is -0.873. The molecule has 0 N–H and O–H groups in total. The van der Waals surface area contributed by atoms with E-state index in [0.717, 1.165) is 128 Å². The number of carbonyl (C=O) groups excluding carboxylic acids is 2. The van der Waals surface area contributed by atoms with E-state index in [1.807, 2.05) is 21.1 Å². The summed E-state index contributed by atoms with van der Waals surface area (Å²) < 4.78 is 34.2. The summed E-state index contributed by atoms with van der Waals surface area (Å²) in [6.07, 6.45) is 94.5. The molecule has 9 nitrogen and oxygen atoms in total. The van der Waals surface area contributed by atoms with Crippen molar-refractivity contribution in [3.8, 4) is 0 Å². The van der Waals surface area contributed by atoms with Crippen molar-refractivity contribution in [3.05, 3.63) is 158 Å². The molecule has 0 aromatic carbocycles. The van der Waals surface area contributed by atoms with Gasteiger partial charge in [0, 0.05) is 12.8 Å². The Morgan fingerprint density at radius 2 is 0.679 bits per heavy atom. The van der Waals surface area contributed by atoms with Crippen molar-refractivity contribution in [1.82, 2.24) is 0 Å². The molecule has 0 bridgehead atoms. The number of hydrogen-bond acceptors (Lipinski definition) is 8. The number of allylic oxidation sites excluding steroid dienone is 26. The van der Waals surface area contributed by atoms with Gasteiger partial charge in [-0.1, -0.05) is 262 Å². The average molecular weight is 1180 g/mol. The molecule has 0 saturated carbocycles. The molecule has 2 unspecified atom stereocenters. The molecule has 84 heavy (non-hydrogen) atoms. The van der Waals surface area contributed by atoms with Crippen LogP contribution in [0.25, 0.3) is 0 Å². The molecular weight excluding hydrogens is 1060 g/mol. The van der Waals surface area contributed by atoms with Gasteiger partial charge in [0.25, 0.3) is 7.82 Å². The van der Waals surface area contributed by atoms with Crippen molar-refractivity contribution in [1.29, 1.82) is 0 Å². The van der Waals surface area contributed by atoms with Gasteiger partial charge in [0.2, 0.25) is 0 Å². The number of phosphoric acid groups is 1. The molecule has 0 amide bonds. The van der Waals surface area contributed by atoms with Gasteiger partial charge >= 0.3 is 11.9 Å². The highest BCUT2D eigenvalue weighted by atomic mass is 31.2. The van der Waals surface area contributed by atoms with E-state index < -0.39 is 32.5 Å². The minimum atomic E-state index is -4.66. The zero-order valence-corrected chi connectivity index (χ0v) is 54.9. The molecule has 0 saturated heterocycles. The van der Waals surface area contributed by atoms with Gasteiger partial charge in [-0.25, -0.2) is 0 Å². The van der Waals surface area contributed by atoms with Gasteiger partial charge in [0.05, 0.1) is 27.7 Å². The van der Waals surface area contributed by atoms with Gasteiger partial charge in [-0.3, -0.25) is 14.2 Å². The van der Waals surface area contributed by atoms with Crippen molar-refractivity contribution in [3.63, 3.8) is 0 Å². The van der Waals surface area contributed by atoms with Crippen LogP contribution in [0.15, 0.2) is 158 Å². The third-order valence-electron chi connectivity index (χ3n) is 13.5. The first-order chi connectivity index (χ1) is 41.0. The van der Waals surface area contributed by atoms with Gasteiger partial charge in [-0.2, -0.15) is 0 Å². The molecule has 476 valence electrons. The summed E-state index contributed by atoms with van der Waals surface area (Å²) in [7, 11) is 1.13. The average Bonchev–Trinajstić information content (AvgIpc) is 3.61. The van der Waals surface area contributed by atoms with Gasteiger partial charge < -0.3 is 27.9 Å². The van der Waals surface area contributed by atoms with E-state index in [0.29, 0.717) is 17.4 Å². The van der Waals surface area contributed by atoms with E-state index in [9.17, 15) is 19.0 Å². The maximum atomic E-state index is 12.8. The summed E-state index contributed by atoms with van der Waals surface area (Å²) in [4.78, 5) is 37.9. The molecule has 0 fully saturated rings. The predicted octanol–water partition coefficient (Wildman–Crippen LogP) is 21.0. The molecule has 0 aliphatic heterocycles. The Morgan fingerprint density at radius 1 is 0.381 bits per heavy atom. The van der Waals surface area contributed by atoms with Crippen LogP contribution in [0.2, 0.25) is 0 Å². The SMILES string of the molecule is CC/C=C\C/C=C\C/C=C\C/C=C\C/C=C\C/C=C\C/C=C\C/C=C\C/C=C\C/C=C\C/C=C\C/C=C\CCCCCCC(=O)OC(COC(=O)CCCCCCCCCCC/C=C\CCCCCCCC)COP(=O)([O-])OCC[N+](C)(C)C. The third kappa shape index (κ3) is 66.8. The number of ether oxygens (including phenoxy) is 2. The standard InChI is InChI=1S/C74H122NO8P/c1-6-8-10-12-14-16-18-20-22-24-26-27-28-29-30-31-32-33-34-35-36-37-38-39-40-41-42-43-44-45-46-47-49-51-53-55-57-59-61-63-65-67-74(77)83-72(71-82-84(78,79)81-69-68-75(3,4)5)70-80-73(76)66-64-62-60-58-56-54-52-50-48-25-23-21-19-17-15-13-11-9-7-2/h8,10,14,16,20-23,26-27,29-30,32-33,35-36,38-39,41-42,44-45,47,49,53,55,72H,6-7,9,11-13,15,17-19,24-25,28,31,34,37,40,43,46,48,50-52,54,56-71H2,1-5H3/b10-8-,16-14-,22-20-,23-21-,27-26-,30-29-,33-32-,36-35-,39-38-,42-41-,45-44-,49-47-,55-53-. The van der Waals surface area contributed by atoms with E-state index in [1.165, 1.54) is 83.5 Å². The van der Waals surface area contributed by atoms with E-state index >= 15 is 0 Å². The largest absolute Gasteiger partial charge is 0.756 e. The lowest BCUT2D eigenvalue weighted by atomic mass is 10.1. The zero-order valence-electron chi connectivity index (χ0n) is 54.0. The number of nitrogens with zero attached hydrogens (tertiary/aromatic N) is 1. The van der Waals surface area contributed by atoms with Crippen LogP contribution in [0.4, 0.5) is 0 Å².